The molecule has 1 heterocycles. The molecule has 1 aromatic carbocycles. The van der Waals surface area contributed by atoms with Crippen molar-refractivity contribution in [2.45, 2.75) is 32.1 Å². The number of hydrogen-bond donors (Lipinski definition) is 1. The summed E-state index contributed by atoms with van der Waals surface area (Å²) in [5.41, 5.74) is 6.38. The third kappa shape index (κ3) is 2.40. The van der Waals surface area contributed by atoms with Crippen LogP contribution in [0.3, 0.4) is 0 Å². The predicted molar refractivity (Wildman–Crippen MR) is 73.0 cm³/mol. The van der Waals surface area contributed by atoms with Crippen LogP contribution >= 0.6 is 0 Å². The Morgan fingerprint density at radius 1 is 1.05 bits per heavy atom. The fraction of sp³-hybridized carbons (Fsp3) is 0.600. The number of anilines is 2. The van der Waals surface area contributed by atoms with Gasteiger partial charge in [-0.25, -0.2) is 8.78 Å². The maximum Gasteiger partial charge on any atom is 0.151 e. The predicted octanol–water partition coefficient (Wildman–Crippen LogP) is 3.56. The van der Waals surface area contributed by atoms with Crippen LogP contribution in [0.4, 0.5) is 20.2 Å². The number of benzene rings is 1. The van der Waals surface area contributed by atoms with E-state index in [0.717, 1.165) is 31.5 Å². The Labute approximate surface area is 112 Å². The molecule has 1 aromatic rings. The average Bonchev–Trinajstić information content (AvgIpc) is 2.42. The zero-order valence-electron chi connectivity index (χ0n) is 11.0. The molecule has 1 saturated heterocycles. The second-order valence-corrected chi connectivity index (χ2v) is 5.86. The van der Waals surface area contributed by atoms with E-state index in [4.69, 9.17) is 5.73 Å². The van der Waals surface area contributed by atoms with E-state index in [9.17, 15) is 8.78 Å². The average molecular weight is 266 g/mol. The first-order valence-corrected chi connectivity index (χ1v) is 7.14. The van der Waals surface area contributed by atoms with E-state index < -0.39 is 11.6 Å². The van der Waals surface area contributed by atoms with Crippen molar-refractivity contribution in [3.05, 3.63) is 23.8 Å². The first-order valence-electron chi connectivity index (χ1n) is 7.14. The van der Waals surface area contributed by atoms with Crippen LogP contribution in [0.25, 0.3) is 0 Å². The van der Waals surface area contributed by atoms with Crippen molar-refractivity contribution in [3.8, 4) is 0 Å². The smallest absolute Gasteiger partial charge is 0.151 e. The lowest BCUT2D eigenvalue weighted by Gasteiger charge is -2.42. The zero-order valence-corrected chi connectivity index (χ0v) is 11.0. The Hall–Kier alpha value is -1.32. The fourth-order valence-corrected chi connectivity index (χ4v) is 3.65. The quantitative estimate of drug-likeness (QED) is 0.787. The van der Waals surface area contributed by atoms with Crippen molar-refractivity contribution in [1.82, 2.24) is 0 Å². The van der Waals surface area contributed by atoms with Gasteiger partial charge in [-0.05, 0) is 30.7 Å². The summed E-state index contributed by atoms with van der Waals surface area (Å²) in [4.78, 5) is 2.06. The number of nitrogen functional groups attached to an aromatic ring is 1. The van der Waals surface area contributed by atoms with Crippen molar-refractivity contribution < 1.29 is 8.78 Å². The number of fused-ring (bicyclic) bond motifs is 1. The first-order chi connectivity index (χ1) is 9.15. The highest BCUT2D eigenvalue weighted by molar-refractivity contribution is 5.68. The summed E-state index contributed by atoms with van der Waals surface area (Å²) in [6.45, 7) is 1.74. The van der Waals surface area contributed by atoms with Gasteiger partial charge in [-0.3, -0.25) is 0 Å². The number of rotatable bonds is 1. The van der Waals surface area contributed by atoms with Crippen molar-refractivity contribution in [1.29, 1.82) is 0 Å². The molecule has 0 spiro atoms. The Morgan fingerprint density at radius 3 is 2.58 bits per heavy atom. The second kappa shape index (κ2) is 4.99. The maximum atomic E-state index is 13.5. The molecule has 1 saturated carbocycles. The summed E-state index contributed by atoms with van der Waals surface area (Å²) < 4.78 is 26.9. The third-order valence-electron chi connectivity index (χ3n) is 4.70. The molecule has 2 atom stereocenters. The molecule has 1 aliphatic heterocycles. The Bertz CT molecular complexity index is 475. The van der Waals surface area contributed by atoms with Gasteiger partial charge >= 0.3 is 0 Å². The molecule has 0 bridgehead atoms. The van der Waals surface area contributed by atoms with E-state index >= 15 is 0 Å². The molecule has 4 heteroatoms. The van der Waals surface area contributed by atoms with Gasteiger partial charge in [0.2, 0.25) is 0 Å². The molecule has 2 nitrogen and oxygen atoms in total. The molecule has 19 heavy (non-hydrogen) atoms. The largest absolute Gasteiger partial charge is 0.395 e. The number of nitrogens with zero attached hydrogens (tertiary/aromatic N) is 1. The SMILES string of the molecule is Nc1c(F)cc(F)cc1N1CCC2CCCCC2C1. The van der Waals surface area contributed by atoms with Crippen LogP contribution < -0.4 is 10.6 Å². The summed E-state index contributed by atoms with van der Waals surface area (Å²) in [5.74, 6) is 0.256. The molecule has 2 N–H and O–H groups in total. The Morgan fingerprint density at radius 2 is 1.79 bits per heavy atom. The topological polar surface area (TPSA) is 29.3 Å². The highest BCUT2D eigenvalue weighted by Crippen LogP contribution is 2.39. The van der Waals surface area contributed by atoms with Crippen molar-refractivity contribution in [2.24, 2.45) is 11.8 Å². The van der Waals surface area contributed by atoms with Crippen LogP contribution in [-0.4, -0.2) is 13.1 Å². The molecular formula is C15H20F2N2. The van der Waals surface area contributed by atoms with E-state index in [1.807, 2.05) is 0 Å². The normalized spacial score (nSPS) is 27.2. The number of nitrogens with two attached hydrogens (primary N) is 1. The van der Waals surface area contributed by atoms with E-state index in [1.165, 1.54) is 31.7 Å². The summed E-state index contributed by atoms with van der Waals surface area (Å²) in [5, 5.41) is 0. The number of halogens is 2. The van der Waals surface area contributed by atoms with Gasteiger partial charge in [-0.1, -0.05) is 19.3 Å². The molecule has 2 fully saturated rings. The van der Waals surface area contributed by atoms with Crippen molar-refractivity contribution >= 4 is 11.4 Å². The van der Waals surface area contributed by atoms with Crippen molar-refractivity contribution in [2.75, 3.05) is 23.7 Å². The highest BCUT2D eigenvalue weighted by atomic mass is 19.1. The van der Waals surface area contributed by atoms with Crippen LogP contribution in [0, 0.1) is 23.5 Å². The summed E-state index contributed by atoms with van der Waals surface area (Å²) in [7, 11) is 0. The molecule has 0 aromatic heterocycles. The lowest BCUT2D eigenvalue weighted by Crippen LogP contribution is -2.42. The number of hydrogen-bond acceptors (Lipinski definition) is 2. The Balaban J connectivity index is 1.83. The maximum absolute atomic E-state index is 13.5. The summed E-state index contributed by atoms with van der Waals surface area (Å²) in [6.07, 6.45) is 6.27. The van der Waals surface area contributed by atoms with Gasteiger partial charge in [-0.15, -0.1) is 0 Å². The molecule has 2 unspecified atom stereocenters. The van der Waals surface area contributed by atoms with Crippen LogP contribution in [0.15, 0.2) is 12.1 Å². The molecule has 0 radical (unpaired) electrons. The lowest BCUT2D eigenvalue weighted by atomic mass is 9.75. The summed E-state index contributed by atoms with van der Waals surface area (Å²) in [6, 6.07) is 2.22. The van der Waals surface area contributed by atoms with Crippen LogP contribution in [-0.2, 0) is 0 Å². The zero-order chi connectivity index (χ0) is 13.4. The van der Waals surface area contributed by atoms with E-state index in [-0.39, 0.29) is 5.69 Å². The Kier molecular flexibility index (Phi) is 3.33. The van der Waals surface area contributed by atoms with Gasteiger partial charge < -0.3 is 10.6 Å². The minimum atomic E-state index is -0.652. The van der Waals surface area contributed by atoms with Gasteiger partial charge in [0.15, 0.2) is 5.82 Å². The van der Waals surface area contributed by atoms with Crippen LogP contribution in [0.5, 0.6) is 0 Å². The van der Waals surface area contributed by atoms with Gasteiger partial charge in [0.05, 0.1) is 11.4 Å². The first kappa shape index (κ1) is 12.7. The monoisotopic (exact) mass is 266 g/mol. The molecule has 104 valence electrons. The van der Waals surface area contributed by atoms with Gasteiger partial charge in [-0.2, -0.15) is 0 Å². The minimum absolute atomic E-state index is 0.0793. The van der Waals surface area contributed by atoms with E-state index in [1.54, 1.807) is 0 Å². The van der Waals surface area contributed by atoms with Gasteiger partial charge in [0.1, 0.15) is 5.82 Å². The third-order valence-corrected chi connectivity index (χ3v) is 4.70. The molecule has 0 amide bonds. The fourth-order valence-electron chi connectivity index (χ4n) is 3.65. The second-order valence-electron chi connectivity index (χ2n) is 5.86. The molecule has 2 aliphatic rings. The molecule has 1 aliphatic carbocycles. The molecular weight excluding hydrogens is 246 g/mol. The van der Waals surface area contributed by atoms with Gasteiger partial charge in [0, 0.05) is 19.2 Å². The molecule has 3 rings (SSSR count). The number of piperidine rings is 1. The summed E-state index contributed by atoms with van der Waals surface area (Å²) >= 11 is 0. The van der Waals surface area contributed by atoms with Crippen molar-refractivity contribution in [3.63, 3.8) is 0 Å². The minimum Gasteiger partial charge on any atom is -0.395 e. The van der Waals surface area contributed by atoms with E-state index in [0.29, 0.717) is 11.6 Å². The van der Waals surface area contributed by atoms with Crippen LogP contribution in [0.2, 0.25) is 0 Å². The van der Waals surface area contributed by atoms with Crippen LogP contribution in [0.1, 0.15) is 32.1 Å². The van der Waals surface area contributed by atoms with Gasteiger partial charge in [0.25, 0.3) is 0 Å². The lowest BCUT2D eigenvalue weighted by molar-refractivity contribution is 0.202. The highest BCUT2D eigenvalue weighted by Gasteiger charge is 2.32. The standard InChI is InChI=1S/C15H20F2N2/c16-12-7-13(17)15(18)14(8-12)19-6-5-10-3-1-2-4-11(10)9-19/h7-8,10-11H,1-6,9,18H2. The van der Waals surface area contributed by atoms with E-state index in [2.05, 4.69) is 4.90 Å².